The third-order valence-corrected chi connectivity index (χ3v) is 7.31. The molecule has 2 aromatic carbocycles. The second kappa shape index (κ2) is 11.0. The van der Waals surface area contributed by atoms with Crippen molar-refractivity contribution in [2.75, 3.05) is 23.4 Å². The van der Waals surface area contributed by atoms with Crippen LogP contribution >= 0.6 is 23.5 Å². The van der Waals surface area contributed by atoms with Crippen molar-refractivity contribution in [3.05, 3.63) is 59.7 Å². The van der Waals surface area contributed by atoms with Crippen LogP contribution in [0.1, 0.15) is 29.1 Å². The number of hydrogen-bond donors (Lipinski definition) is 1. The highest BCUT2D eigenvalue weighted by Gasteiger charge is 2.19. The van der Waals surface area contributed by atoms with Gasteiger partial charge in [-0.1, -0.05) is 12.1 Å². The second-order valence-corrected chi connectivity index (χ2v) is 9.32. The van der Waals surface area contributed by atoms with Crippen LogP contribution in [0.25, 0.3) is 0 Å². The zero-order valence-electron chi connectivity index (χ0n) is 16.5. The van der Waals surface area contributed by atoms with Gasteiger partial charge in [0, 0.05) is 5.69 Å². The lowest BCUT2D eigenvalue weighted by Crippen LogP contribution is -2.31. The molecule has 0 radical (unpaired) electrons. The highest BCUT2D eigenvalue weighted by molar-refractivity contribution is 8.16. The van der Waals surface area contributed by atoms with E-state index in [0.29, 0.717) is 21.6 Å². The van der Waals surface area contributed by atoms with E-state index in [-0.39, 0.29) is 6.61 Å². The van der Waals surface area contributed by atoms with Gasteiger partial charge in [-0.2, -0.15) is 5.26 Å². The molecule has 0 aromatic heterocycles. The lowest BCUT2D eigenvalue weighted by Gasteiger charge is -2.21. The second-order valence-electron chi connectivity index (χ2n) is 6.60. The van der Waals surface area contributed by atoms with E-state index in [2.05, 4.69) is 5.32 Å². The van der Waals surface area contributed by atoms with Gasteiger partial charge in [-0.15, -0.1) is 23.5 Å². The molecule has 2 aromatic rings. The molecule has 1 N–H and O–H groups in total. The molecule has 0 bridgehead atoms. The van der Waals surface area contributed by atoms with Crippen molar-refractivity contribution in [1.82, 2.24) is 0 Å². The molecular formula is C22H22N2O4S2. The summed E-state index contributed by atoms with van der Waals surface area (Å²) in [6.45, 7) is 1.21. The van der Waals surface area contributed by atoms with Gasteiger partial charge < -0.3 is 14.8 Å². The number of benzene rings is 2. The molecule has 0 saturated carbocycles. The summed E-state index contributed by atoms with van der Waals surface area (Å²) >= 11 is 3.90. The number of esters is 1. The number of nitrogens with zero attached hydrogens (tertiary/aromatic N) is 1. The van der Waals surface area contributed by atoms with Gasteiger partial charge in [0.2, 0.25) is 0 Å². The zero-order chi connectivity index (χ0) is 21.3. The van der Waals surface area contributed by atoms with Crippen LogP contribution in [0.4, 0.5) is 5.69 Å². The van der Waals surface area contributed by atoms with E-state index in [4.69, 9.17) is 14.7 Å². The van der Waals surface area contributed by atoms with Gasteiger partial charge in [-0.3, -0.25) is 4.79 Å². The lowest BCUT2D eigenvalue weighted by atomic mass is 10.2. The Morgan fingerprint density at radius 3 is 2.43 bits per heavy atom. The summed E-state index contributed by atoms with van der Waals surface area (Å²) in [5.74, 6) is 1.85. The number of ether oxygens (including phenoxy) is 2. The van der Waals surface area contributed by atoms with Crippen molar-refractivity contribution in [3.8, 4) is 11.8 Å². The van der Waals surface area contributed by atoms with Crippen LogP contribution in [0.15, 0.2) is 48.5 Å². The van der Waals surface area contributed by atoms with Gasteiger partial charge in [0.05, 0.1) is 16.2 Å². The van der Waals surface area contributed by atoms with E-state index >= 15 is 0 Å². The number of nitrogens with one attached hydrogen (secondary N) is 1. The number of nitriles is 1. The molecule has 1 amide bonds. The molecule has 1 heterocycles. The normalized spacial score (nSPS) is 14.9. The van der Waals surface area contributed by atoms with Gasteiger partial charge in [0.25, 0.3) is 5.91 Å². The third kappa shape index (κ3) is 6.44. The lowest BCUT2D eigenvalue weighted by molar-refractivity contribution is -0.155. The van der Waals surface area contributed by atoms with Crippen LogP contribution in [0.2, 0.25) is 0 Å². The smallest absolute Gasteiger partial charge is 0.344 e. The van der Waals surface area contributed by atoms with Gasteiger partial charge in [0.1, 0.15) is 5.75 Å². The molecule has 1 saturated heterocycles. The number of amides is 1. The van der Waals surface area contributed by atoms with Crippen molar-refractivity contribution < 1.29 is 19.1 Å². The first-order valence-corrected chi connectivity index (χ1v) is 11.6. The highest BCUT2D eigenvalue weighted by atomic mass is 32.2. The first kappa shape index (κ1) is 22.1. The molecule has 1 fully saturated rings. The minimum atomic E-state index is -0.973. The van der Waals surface area contributed by atoms with Crippen LogP contribution < -0.4 is 10.1 Å². The number of thioether (sulfide) groups is 2. The fourth-order valence-corrected chi connectivity index (χ4v) is 5.59. The molecule has 1 aliphatic rings. The summed E-state index contributed by atoms with van der Waals surface area (Å²) in [6, 6.07) is 16.1. The zero-order valence-corrected chi connectivity index (χ0v) is 18.1. The maximum Gasteiger partial charge on any atom is 0.344 e. The summed E-state index contributed by atoms with van der Waals surface area (Å²) in [7, 11) is 0. The molecule has 0 unspecified atom stereocenters. The molecule has 0 spiro atoms. The Morgan fingerprint density at radius 2 is 1.80 bits per heavy atom. The quantitative estimate of drug-likeness (QED) is 0.637. The first-order chi connectivity index (χ1) is 14.5. The summed E-state index contributed by atoms with van der Waals surface area (Å²) in [5, 5.41) is 11.4. The molecule has 1 aliphatic heterocycles. The van der Waals surface area contributed by atoms with E-state index in [1.165, 1.54) is 30.4 Å². The van der Waals surface area contributed by atoms with Crippen molar-refractivity contribution in [2.45, 2.75) is 24.0 Å². The van der Waals surface area contributed by atoms with Gasteiger partial charge in [-0.05, 0) is 66.8 Å². The van der Waals surface area contributed by atoms with Crippen LogP contribution in [-0.4, -0.2) is 36.1 Å². The van der Waals surface area contributed by atoms with Crippen molar-refractivity contribution in [1.29, 1.82) is 5.26 Å². The first-order valence-electron chi connectivity index (χ1n) is 9.51. The van der Waals surface area contributed by atoms with Crippen molar-refractivity contribution in [3.63, 3.8) is 0 Å². The number of anilines is 1. The van der Waals surface area contributed by atoms with Crippen LogP contribution in [-0.2, 0) is 14.3 Å². The SMILES string of the molecule is C[C@@H](OC(=O)COc1ccc(C2SCCCS2)cc1)C(=O)Nc1ccc(C#N)cc1. The Kier molecular flexibility index (Phi) is 8.05. The van der Waals surface area contributed by atoms with E-state index in [9.17, 15) is 9.59 Å². The highest BCUT2D eigenvalue weighted by Crippen LogP contribution is 2.43. The Balaban J connectivity index is 1.43. The fraction of sp³-hybridized carbons (Fsp3) is 0.318. The number of rotatable bonds is 7. The molecule has 3 rings (SSSR count). The Hall–Kier alpha value is -2.63. The summed E-state index contributed by atoms with van der Waals surface area (Å²) in [4.78, 5) is 24.2. The van der Waals surface area contributed by atoms with Crippen LogP contribution in [0.5, 0.6) is 5.75 Å². The third-order valence-electron chi connectivity index (χ3n) is 4.30. The van der Waals surface area contributed by atoms with Gasteiger partial charge in [-0.25, -0.2) is 4.79 Å². The standard InChI is InChI=1S/C22H22N2O4S2/c1-15(21(26)24-18-7-3-16(13-23)4-8-18)28-20(25)14-27-19-9-5-17(6-10-19)22-29-11-2-12-30-22/h3-10,15,22H,2,11-12,14H2,1H3,(H,24,26)/t15-/m1/s1. The number of hydrogen-bond acceptors (Lipinski definition) is 7. The molecule has 0 aliphatic carbocycles. The summed E-state index contributed by atoms with van der Waals surface area (Å²) in [5.41, 5.74) is 2.26. The Morgan fingerprint density at radius 1 is 1.13 bits per heavy atom. The average molecular weight is 443 g/mol. The van der Waals surface area contributed by atoms with Gasteiger partial charge in [0.15, 0.2) is 12.7 Å². The van der Waals surface area contributed by atoms with Crippen molar-refractivity contribution >= 4 is 41.1 Å². The predicted molar refractivity (Wildman–Crippen MR) is 120 cm³/mol. The molecular weight excluding hydrogens is 420 g/mol. The average Bonchev–Trinajstić information content (AvgIpc) is 2.79. The molecule has 156 valence electrons. The molecule has 8 heteroatoms. The van der Waals surface area contributed by atoms with Crippen LogP contribution in [0.3, 0.4) is 0 Å². The maximum atomic E-state index is 12.2. The summed E-state index contributed by atoms with van der Waals surface area (Å²) in [6.07, 6.45) is 0.276. The van der Waals surface area contributed by atoms with E-state index in [1.807, 2.05) is 53.9 Å². The predicted octanol–water partition coefficient (Wildman–Crippen LogP) is 4.38. The Labute approximate surface area is 184 Å². The van der Waals surface area contributed by atoms with Crippen molar-refractivity contribution in [2.24, 2.45) is 0 Å². The van der Waals surface area contributed by atoms with Gasteiger partial charge >= 0.3 is 5.97 Å². The maximum absolute atomic E-state index is 12.2. The minimum Gasteiger partial charge on any atom is -0.482 e. The van der Waals surface area contributed by atoms with E-state index in [1.54, 1.807) is 24.3 Å². The van der Waals surface area contributed by atoms with Crippen LogP contribution in [0, 0.1) is 11.3 Å². The number of carbonyl (C=O) groups excluding carboxylic acids is 2. The largest absolute Gasteiger partial charge is 0.482 e. The topological polar surface area (TPSA) is 88.4 Å². The minimum absolute atomic E-state index is 0.277. The summed E-state index contributed by atoms with van der Waals surface area (Å²) < 4.78 is 11.1. The molecule has 1 atom stereocenters. The number of carbonyl (C=O) groups is 2. The monoisotopic (exact) mass is 442 g/mol. The Bertz CT molecular complexity index is 904. The molecule has 6 nitrogen and oxygen atoms in total. The van der Waals surface area contributed by atoms with E-state index < -0.39 is 18.0 Å². The van der Waals surface area contributed by atoms with E-state index in [0.717, 1.165) is 0 Å². The fourth-order valence-electron chi connectivity index (χ4n) is 2.70. The molecule has 30 heavy (non-hydrogen) atoms.